The van der Waals surface area contributed by atoms with Crippen LogP contribution in [0.15, 0.2) is 53.1 Å². The molecule has 0 atom stereocenters. The first-order chi connectivity index (χ1) is 13.7. The molecule has 0 radical (unpaired) electrons. The zero-order valence-corrected chi connectivity index (χ0v) is 16.1. The van der Waals surface area contributed by atoms with Gasteiger partial charge in [0.25, 0.3) is 0 Å². The number of aromatic nitrogens is 1. The molecule has 0 bridgehead atoms. The molecule has 1 fully saturated rings. The predicted molar refractivity (Wildman–Crippen MR) is 107 cm³/mol. The second-order valence-corrected chi connectivity index (χ2v) is 7.13. The molecule has 0 unspecified atom stereocenters. The van der Waals surface area contributed by atoms with E-state index in [0.717, 1.165) is 67.1 Å². The monoisotopic (exact) mass is 379 g/mol. The molecule has 6 nitrogen and oxygen atoms in total. The molecule has 1 saturated heterocycles. The maximum absolute atomic E-state index is 12.5. The number of para-hydroxylation sites is 1. The van der Waals surface area contributed by atoms with Gasteiger partial charge in [0, 0.05) is 44.5 Å². The van der Waals surface area contributed by atoms with Crippen molar-refractivity contribution in [3.05, 3.63) is 59.8 Å². The van der Waals surface area contributed by atoms with Crippen LogP contribution < -0.4 is 4.74 Å². The van der Waals surface area contributed by atoms with E-state index < -0.39 is 0 Å². The van der Waals surface area contributed by atoms with Gasteiger partial charge in [-0.1, -0.05) is 29.4 Å². The Hall–Kier alpha value is -2.86. The summed E-state index contributed by atoms with van der Waals surface area (Å²) in [5.74, 6) is 1.06. The first-order valence-corrected chi connectivity index (χ1v) is 9.69. The standard InChI is InChI=1S/C22H25N3O3/c1-27-18-9-6-17(7-10-18)8-11-22(26)25-14-12-24(13-15-25)16-20-19-4-2-3-5-21(19)28-23-20/h2-7,9-10H,8,11-16H2,1H3. The molecule has 2 heterocycles. The third-order valence-corrected chi connectivity index (χ3v) is 5.34. The van der Waals surface area contributed by atoms with Gasteiger partial charge in [0.15, 0.2) is 5.58 Å². The molecule has 0 spiro atoms. The van der Waals surface area contributed by atoms with E-state index in [9.17, 15) is 4.79 Å². The van der Waals surface area contributed by atoms with E-state index >= 15 is 0 Å². The molecule has 6 heteroatoms. The number of fused-ring (bicyclic) bond motifs is 1. The Morgan fingerprint density at radius 1 is 1.07 bits per heavy atom. The van der Waals surface area contributed by atoms with Crippen LogP contribution in [-0.4, -0.2) is 54.2 Å². The second-order valence-electron chi connectivity index (χ2n) is 7.13. The second kappa shape index (κ2) is 8.44. The lowest BCUT2D eigenvalue weighted by molar-refractivity contribution is -0.133. The van der Waals surface area contributed by atoms with Crippen LogP contribution in [0.4, 0.5) is 0 Å². The zero-order chi connectivity index (χ0) is 19.3. The number of benzene rings is 2. The van der Waals surface area contributed by atoms with Crippen LogP contribution in [0.3, 0.4) is 0 Å². The number of methoxy groups -OCH3 is 1. The van der Waals surface area contributed by atoms with Gasteiger partial charge < -0.3 is 14.2 Å². The lowest BCUT2D eigenvalue weighted by atomic mass is 10.1. The highest BCUT2D eigenvalue weighted by molar-refractivity contribution is 5.79. The summed E-state index contributed by atoms with van der Waals surface area (Å²) in [5.41, 5.74) is 2.95. The van der Waals surface area contributed by atoms with Crippen LogP contribution in [0, 0.1) is 0 Å². The molecule has 3 aromatic rings. The Balaban J connectivity index is 1.25. The SMILES string of the molecule is COc1ccc(CCC(=O)N2CCN(Cc3noc4ccccc34)CC2)cc1. The maximum atomic E-state index is 12.5. The number of nitrogens with zero attached hydrogens (tertiary/aromatic N) is 3. The largest absolute Gasteiger partial charge is 0.497 e. The zero-order valence-electron chi connectivity index (χ0n) is 16.1. The first-order valence-electron chi connectivity index (χ1n) is 9.69. The van der Waals surface area contributed by atoms with E-state index in [1.807, 2.05) is 53.4 Å². The average molecular weight is 379 g/mol. The molecule has 28 heavy (non-hydrogen) atoms. The lowest BCUT2D eigenvalue weighted by Crippen LogP contribution is -2.48. The van der Waals surface area contributed by atoms with Gasteiger partial charge in [0.2, 0.25) is 5.91 Å². The Bertz CT molecular complexity index is 928. The fourth-order valence-corrected chi connectivity index (χ4v) is 3.62. The van der Waals surface area contributed by atoms with Crippen molar-refractivity contribution >= 4 is 16.9 Å². The van der Waals surface area contributed by atoms with Crippen LogP contribution in [0.5, 0.6) is 5.75 Å². The van der Waals surface area contributed by atoms with E-state index in [1.165, 1.54) is 0 Å². The predicted octanol–water partition coefficient (Wildman–Crippen LogP) is 3.11. The van der Waals surface area contributed by atoms with Crippen molar-refractivity contribution in [3.63, 3.8) is 0 Å². The summed E-state index contributed by atoms with van der Waals surface area (Å²) in [6.07, 6.45) is 1.30. The minimum Gasteiger partial charge on any atom is -0.497 e. The molecule has 0 saturated carbocycles. The van der Waals surface area contributed by atoms with Crippen molar-refractivity contribution in [1.29, 1.82) is 0 Å². The van der Waals surface area contributed by atoms with Crippen molar-refractivity contribution in [2.24, 2.45) is 0 Å². The number of ether oxygens (including phenoxy) is 1. The number of piperazine rings is 1. The van der Waals surface area contributed by atoms with E-state index in [1.54, 1.807) is 7.11 Å². The molecule has 146 valence electrons. The number of hydrogen-bond acceptors (Lipinski definition) is 5. The van der Waals surface area contributed by atoms with Crippen LogP contribution in [0.2, 0.25) is 0 Å². The van der Waals surface area contributed by atoms with Crippen molar-refractivity contribution in [2.75, 3.05) is 33.3 Å². The van der Waals surface area contributed by atoms with E-state index in [2.05, 4.69) is 10.1 Å². The number of hydrogen-bond donors (Lipinski definition) is 0. The normalized spacial score (nSPS) is 15.1. The highest BCUT2D eigenvalue weighted by Gasteiger charge is 2.22. The van der Waals surface area contributed by atoms with Crippen LogP contribution in [0.1, 0.15) is 17.7 Å². The molecule has 0 aliphatic carbocycles. The summed E-state index contributed by atoms with van der Waals surface area (Å²) in [6, 6.07) is 15.8. The summed E-state index contributed by atoms with van der Waals surface area (Å²) in [7, 11) is 1.66. The molecule has 1 aliphatic rings. The Kier molecular flexibility index (Phi) is 5.58. The summed E-state index contributed by atoms with van der Waals surface area (Å²) in [6.45, 7) is 3.99. The fourth-order valence-electron chi connectivity index (χ4n) is 3.62. The smallest absolute Gasteiger partial charge is 0.222 e. The summed E-state index contributed by atoms with van der Waals surface area (Å²) < 4.78 is 10.6. The van der Waals surface area contributed by atoms with Gasteiger partial charge >= 0.3 is 0 Å². The van der Waals surface area contributed by atoms with Gasteiger partial charge in [-0.2, -0.15) is 0 Å². The van der Waals surface area contributed by atoms with E-state index in [-0.39, 0.29) is 5.91 Å². The van der Waals surface area contributed by atoms with E-state index in [4.69, 9.17) is 9.26 Å². The fraction of sp³-hybridized carbons (Fsp3) is 0.364. The van der Waals surface area contributed by atoms with Gasteiger partial charge in [0.1, 0.15) is 11.4 Å². The number of carbonyl (C=O) groups is 1. The summed E-state index contributed by atoms with van der Waals surface area (Å²) >= 11 is 0. The van der Waals surface area contributed by atoms with Crippen molar-refractivity contribution in [3.8, 4) is 5.75 Å². The van der Waals surface area contributed by atoms with Crippen LogP contribution >= 0.6 is 0 Å². The minimum absolute atomic E-state index is 0.224. The Morgan fingerprint density at radius 3 is 2.57 bits per heavy atom. The van der Waals surface area contributed by atoms with Gasteiger partial charge in [0.05, 0.1) is 7.11 Å². The topological polar surface area (TPSA) is 58.8 Å². The van der Waals surface area contributed by atoms with Gasteiger partial charge in [-0.05, 0) is 36.2 Å². The third kappa shape index (κ3) is 4.17. The Labute approximate surface area is 164 Å². The summed E-state index contributed by atoms with van der Waals surface area (Å²) in [4.78, 5) is 16.9. The van der Waals surface area contributed by atoms with Crippen molar-refractivity contribution in [1.82, 2.24) is 15.0 Å². The van der Waals surface area contributed by atoms with Crippen LogP contribution in [-0.2, 0) is 17.8 Å². The number of rotatable bonds is 6. The number of amides is 1. The Morgan fingerprint density at radius 2 is 1.82 bits per heavy atom. The van der Waals surface area contributed by atoms with Crippen molar-refractivity contribution < 1.29 is 14.1 Å². The number of carbonyl (C=O) groups excluding carboxylic acids is 1. The molecular formula is C22H25N3O3. The van der Waals surface area contributed by atoms with Crippen LogP contribution in [0.25, 0.3) is 11.0 Å². The molecule has 1 amide bonds. The highest BCUT2D eigenvalue weighted by atomic mass is 16.5. The van der Waals surface area contributed by atoms with Gasteiger partial charge in [-0.3, -0.25) is 9.69 Å². The minimum atomic E-state index is 0.224. The number of aryl methyl sites for hydroxylation is 1. The first kappa shape index (κ1) is 18.5. The quantitative estimate of drug-likeness (QED) is 0.659. The van der Waals surface area contributed by atoms with Crippen molar-refractivity contribution in [2.45, 2.75) is 19.4 Å². The summed E-state index contributed by atoms with van der Waals surface area (Å²) in [5, 5.41) is 5.28. The molecule has 4 rings (SSSR count). The average Bonchev–Trinajstić information content (AvgIpc) is 3.16. The van der Waals surface area contributed by atoms with Gasteiger partial charge in [-0.15, -0.1) is 0 Å². The third-order valence-electron chi connectivity index (χ3n) is 5.34. The molecule has 0 N–H and O–H groups in total. The molecule has 1 aliphatic heterocycles. The molecule has 2 aromatic carbocycles. The lowest BCUT2D eigenvalue weighted by Gasteiger charge is -2.34. The maximum Gasteiger partial charge on any atom is 0.222 e. The van der Waals surface area contributed by atoms with Gasteiger partial charge in [-0.25, -0.2) is 0 Å². The molecule has 1 aromatic heterocycles. The molecular weight excluding hydrogens is 354 g/mol. The highest BCUT2D eigenvalue weighted by Crippen LogP contribution is 2.20. The van der Waals surface area contributed by atoms with E-state index in [0.29, 0.717) is 6.42 Å².